The molecule has 0 aliphatic rings. The second-order valence-electron chi connectivity index (χ2n) is 4.06. The van der Waals surface area contributed by atoms with E-state index in [9.17, 15) is 4.21 Å². The molecule has 1 aromatic carbocycles. The number of benzene rings is 1. The van der Waals surface area contributed by atoms with E-state index in [1.807, 2.05) is 37.3 Å². The van der Waals surface area contributed by atoms with Gasteiger partial charge in [0.05, 0.1) is 11.4 Å². The second kappa shape index (κ2) is 6.16. The van der Waals surface area contributed by atoms with Crippen LogP contribution in [0.25, 0.3) is 0 Å². The van der Waals surface area contributed by atoms with E-state index in [4.69, 9.17) is 16.1 Å². The molecule has 0 aliphatic heterocycles. The lowest BCUT2D eigenvalue weighted by Gasteiger charge is -2.03. The topological polar surface area (TPSA) is 43.1 Å². The summed E-state index contributed by atoms with van der Waals surface area (Å²) in [6.45, 7) is 1.85. The van der Waals surface area contributed by atoms with Crippen LogP contribution in [0.15, 0.2) is 34.9 Å². The molecule has 0 aliphatic carbocycles. The number of hydrogen-bond donors (Lipinski definition) is 0. The van der Waals surface area contributed by atoms with Crippen molar-refractivity contribution in [1.82, 2.24) is 5.16 Å². The van der Waals surface area contributed by atoms with Gasteiger partial charge in [-0.2, -0.15) is 0 Å². The predicted octanol–water partition coefficient (Wildman–Crippen LogP) is 3.13. The van der Waals surface area contributed by atoms with Crippen LogP contribution >= 0.6 is 11.6 Å². The Morgan fingerprint density at radius 3 is 2.83 bits per heavy atom. The molecule has 2 rings (SSSR count). The Morgan fingerprint density at radius 2 is 2.17 bits per heavy atom. The highest BCUT2D eigenvalue weighted by Gasteiger charge is 2.08. The van der Waals surface area contributed by atoms with Crippen LogP contribution in [0.1, 0.15) is 17.0 Å². The Labute approximate surface area is 114 Å². The number of rotatable bonds is 5. The van der Waals surface area contributed by atoms with Crippen molar-refractivity contribution < 1.29 is 8.73 Å². The van der Waals surface area contributed by atoms with Crippen LogP contribution in [-0.2, 0) is 23.0 Å². The van der Waals surface area contributed by atoms with Crippen LogP contribution in [0, 0.1) is 6.92 Å². The molecule has 3 nitrogen and oxygen atoms in total. The van der Waals surface area contributed by atoms with E-state index >= 15 is 0 Å². The molecule has 0 amide bonds. The smallest absolute Gasteiger partial charge is 0.149 e. The van der Waals surface area contributed by atoms with Crippen molar-refractivity contribution in [1.29, 1.82) is 0 Å². The molecule has 0 N–H and O–H groups in total. The first-order chi connectivity index (χ1) is 8.65. The van der Waals surface area contributed by atoms with Gasteiger partial charge in [0.25, 0.3) is 0 Å². The molecular weight excluding hydrogens is 270 g/mol. The summed E-state index contributed by atoms with van der Waals surface area (Å²) in [4.78, 5) is 0. The molecule has 0 fully saturated rings. The molecule has 1 aromatic heterocycles. The molecule has 2 aromatic rings. The Morgan fingerprint density at radius 1 is 1.39 bits per heavy atom. The molecule has 0 bridgehead atoms. The van der Waals surface area contributed by atoms with Crippen molar-refractivity contribution in [3.63, 3.8) is 0 Å². The van der Waals surface area contributed by atoms with E-state index in [1.54, 1.807) is 0 Å². The lowest BCUT2D eigenvalue weighted by molar-refractivity contribution is 0.390. The molecule has 5 heteroatoms. The van der Waals surface area contributed by atoms with Gasteiger partial charge in [0.15, 0.2) is 0 Å². The minimum absolute atomic E-state index is 0.408. The van der Waals surface area contributed by atoms with Crippen LogP contribution in [0.2, 0.25) is 5.02 Å². The van der Waals surface area contributed by atoms with Gasteiger partial charge in [-0.05, 0) is 25.0 Å². The fraction of sp³-hybridized carbons (Fsp3) is 0.308. The summed E-state index contributed by atoms with van der Waals surface area (Å²) < 4.78 is 16.9. The maximum absolute atomic E-state index is 11.9. The average Bonchev–Trinajstić information content (AvgIpc) is 2.74. The maximum atomic E-state index is 11.9. The molecule has 0 spiro atoms. The van der Waals surface area contributed by atoms with Crippen LogP contribution in [0.4, 0.5) is 0 Å². The van der Waals surface area contributed by atoms with Gasteiger partial charge in [0, 0.05) is 27.6 Å². The van der Waals surface area contributed by atoms with Crippen molar-refractivity contribution in [2.75, 3.05) is 5.75 Å². The third-order valence-corrected chi connectivity index (χ3v) is 4.17. The Bertz CT molecular complexity index is 553. The molecule has 0 saturated heterocycles. The fourth-order valence-electron chi connectivity index (χ4n) is 1.64. The molecule has 0 unspecified atom stereocenters. The van der Waals surface area contributed by atoms with Gasteiger partial charge in [0.1, 0.15) is 5.76 Å². The summed E-state index contributed by atoms with van der Waals surface area (Å²) in [5, 5.41) is 4.50. The summed E-state index contributed by atoms with van der Waals surface area (Å²) in [7, 11) is -0.959. The first-order valence-corrected chi connectivity index (χ1v) is 7.52. The molecule has 0 saturated carbocycles. The average molecular weight is 284 g/mol. The minimum Gasteiger partial charge on any atom is -0.360 e. The normalized spacial score (nSPS) is 12.6. The third kappa shape index (κ3) is 3.68. The summed E-state index contributed by atoms with van der Waals surface area (Å²) >= 11 is 6.04. The quantitative estimate of drug-likeness (QED) is 0.847. The van der Waals surface area contributed by atoms with Crippen LogP contribution in [0.3, 0.4) is 0 Å². The van der Waals surface area contributed by atoms with Gasteiger partial charge < -0.3 is 4.52 Å². The standard InChI is InChI=1S/C13H14ClNO2S/c1-10-8-12(17-15-10)9-18(16)7-6-11-4-2-3-5-13(11)14/h2-5,8H,6-7,9H2,1H3/t18-/m1/s1. The molecule has 1 atom stereocenters. The number of hydrogen-bond acceptors (Lipinski definition) is 3. The van der Waals surface area contributed by atoms with Crippen molar-refractivity contribution >= 4 is 22.4 Å². The highest BCUT2D eigenvalue weighted by molar-refractivity contribution is 7.84. The van der Waals surface area contributed by atoms with Crippen molar-refractivity contribution in [3.05, 3.63) is 52.4 Å². The monoisotopic (exact) mass is 283 g/mol. The summed E-state index contributed by atoms with van der Waals surface area (Å²) in [6, 6.07) is 9.44. The first kappa shape index (κ1) is 13.3. The van der Waals surface area contributed by atoms with E-state index in [0.717, 1.165) is 16.3 Å². The SMILES string of the molecule is Cc1cc(C[S@](=O)CCc2ccccc2Cl)on1. The minimum atomic E-state index is -0.959. The van der Waals surface area contributed by atoms with Gasteiger partial charge in [-0.3, -0.25) is 4.21 Å². The van der Waals surface area contributed by atoms with Crippen LogP contribution < -0.4 is 0 Å². The Kier molecular flexibility index (Phi) is 4.55. The van der Waals surface area contributed by atoms with Gasteiger partial charge in [-0.25, -0.2) is 0 Å². The van der Waals surface area contributed by atoms with E-state index in [2.05, 4.69) is 5.16 Å². The van der Waals surface area contributed by atoms with Gasteiger partial charge >= 0.3 is 0 Å². The number of aryl methyl sites for hydroxylation is 2. The zero-order valence-corrected chi connectivity index (χ0v) is 11.6. The molecule has 1 heterocycles. The number of nitrogens with zero attached hydrogens (tertiary/aromatic N) is 1. The molecular formula is C13H14ClNO2S. The fourth-order valence-corrected chi connectivity index (χ4v) is 2.92. The largest absolute Gasteiger partial charge is 0.360 e. The summed E-state index contributed by atoms with van der Waals surface area (Å²) in [5.74, 6) is 1.65. The van der Waals surface area contributed by atoms with E-state index < -0.39 is 10.8 Å². The Hall–Kier alpha value is -1.13. The van der Waals surface area contributed by atoms with Crippen molar-refractivity contribution in [2.45, 2.75) is 19.1 Å². The van der Waals surface area contributed by atoms with Crippen molar-refractivity contribution in [2.24, 2.45) is 0 Å². The zero-order valence-electron chi connectivity index (χ0n) is 10.1. The molecule has 0 radical (unpaired) electrons. The summed E-state index contributed by atoms with van der Waals surface area (Å²) in [5.41, 5.74) is 1.84. The predicted molar refractivity (Wildman–Crippen MR) is 73.1 cm³/mol. The van der Waals surface area contributed by atoms with Crippen LogP contribution in [0.5, 0.6) is 0 Å². The lowest BCUT2D eigenvalue weighted by Crippen LogP contribution is -2.03. The first-order valence-electron chi connectivity index (χ1n) is 5.66. The van der Waals surface area contributed by atoms with Crippen molar-refractivity contribution in [3.8, 4) is 0 Å². The number of aromatic nitrogens is 1. The highest BCUT2D eigenvalue weighted by Crippen LogP contribution is 2.16. The van der Waals surface area contributed by atoms with Crippen LogP contribution in [-0.4, -0.2) is 15.1 Å². The Balaban J connectivity index is 1.87. The van der Waals surface area contributed by atoms with Gasteiger partial charge in [0.2, 0.25) is 0 Å². The van der Waals surface area contributed by atoms with E-state index in [0.29, 0.717) is 23.7 Å². The van der Waals surface area contributed by atoms with E-state index in [-0.39, 0.29) is 0 Å². The summed E-state index contributed by atoms with van der Waals surface area (Å²) in [6.07, 6.45) is 0.708. The zero-order chi connectivity index (χ0) is 13.0. The highest BCUT2D eigenvalue weighted by atomic mass is 35.5. The number of halogens is 1. The van der Waals surface area contributed by atoms with Gasteiger partial charge in [-0.1, -0.05) is 35.0 Å². The maximum Gasteiger partial charge on any atom is 0.149 e. The second-order valence-corrected chi connectivity index (χ2v) is 6.05. The molecule has 18 heavy (non-hydrogen) atoms. The third-order valence-electron chi connectivity index (χ3n) is 2.54. The van der Waals surface area contributed by atoms with E-state index in [1.165, 1.54) is 0 Å². The lowest BCUT2D eigenvalue weighted by atomic mass is 10.2. The molecule has 96 valence electrons. The van der Waals surface area contributed by atoms with Gasteiger partial charge in [-0.15, -0.1) is 0 Å².